The number of amides is 1. The van der Waals surface area contributed by atoms with Crippen LogP contribution in [0.15, 0.2) is 47.0 Å². The highest BCUT2D eigenvalue weighted by Crippen LogP contribution is 2.50. The Hall–Kier alpha value is -3.83. The second kappa shape index (κ2) is 11.2. The number of carbonyl (C=O) groups excluding carboxylic acids is 1. The van der Waals surface area contributed by atoms with E-state index in [-0.39, 0.29) is 11.6 Å². The molecule has 1 amide bonds. The van der Waals surface area contributed by atoms with Crippen LogP contribution in [0.25, 0.3) is 16.0 Å². The fraction of sp³-hybridized carbons (Fsp3) is 0.485. The van der Waals surface area contributed by atoms with Crippen LogP contribution in [0.3, 0.4) is 0 Å². The van der Waals surface area contributed by atoms with E-state index in [1.807, 2.05) is 34.6 Å². The molecule has 2 fully saturated rings. The Bertz CT molecular complexity index is 1420. The second-order valence-electron chi connectivity index (χ2n) is 12.4. The normalized spacial score (nSPS) is 16.8. The third-order valence-electron chi connectivity index (χ3n) is 8.14. The Morgan fingerprint density at radius 2 is 1.76 bits per heavy atom. The van der Waals surface area contributed by atoms with E-state index in [2.05, 4.69) is 69.2 Å². The molecule has 0 N–H and O–H groups in total. The van der Waals surface area contributed by atoms with Crippen LogP contribution >= 0.6 is 0 Å². The van der Waals surface area contributed by atoms with Gasteiger partial charge in [-0.1, -0.05) is 17.3 Å². The summed E-state index contributed by atoms with van der Waals surface area (Å²) < 4.78 is 11.0. The lowest BCUT2D eigenvalue weighted by molar-refractivity contribution is 0.0148. The molecule has 2 aromatic carbocycles. The van der Waals surface area contributed by atoms with Gasteiger partial charge in [0, 0.05) is 74.6 Å². The van der Waals surface area contributed by atoms with E-state index in [0.29, 0.717) is 13.1 Å². The van der Waals surface area contributed by atoms with Crippen molar-refractivity contribution in [1.82, 2.24) is 15.0 Å². The summed E-state index contributed by atoms with van der Waals surface area (Å²) in [6.45, 7) is 24.0. The van der Waals surface area contributed by atoms with E-state index >= 15 is 0 Å². The minimum atomic E-state index is -0.492. The molecule has 0 bridgehead atoms. The summed E-state index contributed by atoms with van der Waals surface area (Å²) in [5.41, 5.74) is 6.70. The second-order valence-corrected chi connectivity index (χ2v) is 12.4. The first-order chi connectivity index (χ1) is 19.5. The summed E-state index contributed by atoms with van der Waals surface area (Å²) in [7, 11) is 0. The fourth-order valence-corrected chi connectivity index (χ4v) is 5.60. The number of nitrogens with zero attached hydrogens (tertiary/aromatic N) is 5. The van der Waals surface area contributed by atoms with E-state index < -0.39 is 5.60 Å². The number of aryl methyl sites for hydroxylation is 3. The monoisotopic (exact) mass is 555 g/mol. The van der Waals surface area contributed by atoms with Gasteiger partial charge in [-0.15, -0.1) is 0 Å². The van der Waals surface area contributed by atoms with Gasteiger partial charge >= 0.3 is 6.09 Å². The third kappa shape index (κ3) is 6.25. The Labute approximate surface area is 243 Å². The molecule has 1 aromatic heterocycles. The molecule has 5 rings (SSSR count). The maximum absolute atomic E-state index is 12.5. The Morgan fingerprint density at radius 1 is 1.07 bits per heavy atom. The van der Waals surface area contributed by atoms with Gasteiger partial charge in [-0.3, -0.25) is 4.90 Å². The first kappa shape index (κ1) is 28.7. The molecule has 8 nitrogen and oxygen atoms in total. The molecule has 0 radical (unpaired) electrons. The first-order valence-corrected chi connectivity index (χ1v) is 14.5. The average Bonchev–Trinajstić information content (AvgIpc) is 3.67. The molecule has 41 heavy (non-hydrogen) atoms. The summed E-state index contributed by atoms with van der Waals surface area (Å²) >= 11 is 0. The van der Waals surface area contributed by atoms with Crippen LogP contribution in [-0.2, 0) is 10.3 Å². The van der Waals surface area contributed by atoms with Crippen molar-refractivity contribution in [2.75, 3.05) is 44.2 Å². The predicted molar refractivity (Wildman–Crippen MR) is 161 cm³/mol. The van der Waals surface area contributed by atoms with Crippen LogP contribution < -0.4 is 4.90 Å². The number of hydrogen-bond acceptors (Lipinski definition) is 6. The number of carbonyl (C=O) groups is 1. The molecule has 0 unspecified atom stereocenters. The van der Waals surface area contributed by atoms with Crippen molar-refractivity contribution in [3.63, 3.8) is 0 Å². The smallest absolute Gasteiger partial charge is 0.410 e. The van der Waals surface area contributed by atoms with Crippen LogP contribution in [0.1, 0.15) is 56.2 Å². The number of rotatable bonds is 7. The van der Waals surface area contributed by atoms with Crippen LogP contribution in [0, 0.1) is 27.3 Å². The van der Waals surface area contributed by atoms with E-state index in [4.69, 9.17) is 15.8 Å². The highest BCUT2D eigenvalue weighted by atomic mass is 16.6. The summed E-state index contributed by atoms with van der Waals surface area (Å²) in [6.07, 6.45) is 1.64. The van der Waals surface area contributed by atoms with Gasteiger partial charge in [0.25, 0.3) is 5.54 Å². The van der Waals surface area contributed by atoms with E-state index in [0.717, 1.165) is 78.5 Å². The molecule has 1 aliphatic carbocycles. The van der Waals surface area contributed by atoms with Gasteiger partial charge in [0.2, 0.25) is 0 Å². The molecule has 216 valence electrons. The molecule has 1 saturated heterocycles. The first-order valence-electron chi connectivity index (χ1n) is 14.5. The summed E-state index contributed by atoms with van der Waals surface area (Å²) in [5.74, 6) is 0.810. The molecule has 2 heterocycles. The van der Waals surface area contributed by atoms with Gasteiger partial charge < -0.3 is 23.9 Å². The molecule has 1 aliphatic heterocycles. The number of benzene rings is 2. The van der Waals surface area contributed by atoms with Crippen molar-refractivity contribution in [3.8, 4) is 11.1 Å². The van der Waals surface area contributed by atoms with Crippen LogP contribution in [0.2, 0.25) is 0 Å². The molecule has 8 heteroatoms. The van der Waals surface area contributed by atoms with Gasteiger partial charge in [0.15, 0.2) is 0 Å². The van der Waals surface area contributed by atoms with Gasteiger partial charge in [-0.25, -0.2) is 11.4 Å². The Kier molecular flexibility index (Phi) is 7.85. The number of hydrogen-bond donors (Lipinski definition) is 0. The van der Waals surface area contributed by atoms with Crippen molar-refractivity contribution in [1.29, 1.82) is 0 Å². The minimum absolute atomic E-state index is 0.238. The molecular formula is C33H41N5O3. The van der Waals surface area contributed by atoms with Crippen LogP contribution in [0.4, 0.5) is 16.2 Å². The van der Waals surface area contributed by atoms with Gasteiger partial charge in [0.05, 0.1) is 5.69 Å². The van der Waals surface area contributed by atoms with Crippen molar-refractivity contribution in [2.24, 2.45) is 0 Å². The van der Waals surface area contributed by atoms with Crippen LogP contribution in [0.5, 0.6) is 0 Å². The van der Waals surface area contributed by atoms with Crippen LogP contribution in [-0.4, -0.2) is 65.9 Å². The van der Waals surface area contributed by atoms with Crippen molar-refractivity contribution in [2.45, 2.75) is 65.5 Å². The topological polar surface area (TPSA) is 66.4 Å². The third-order valence-corrected chi connectivity index (χ3v) is 8.14. The summed E-state index contributed by atoms with van der Waals surface area (Å²) in [4.78, 5) is 23.1. The van der Waals surface area contributed by atoms with E-state index in [1.54, 1.807) is 4.90 Å². The minimum Gasteiger partial charge on any atom is -0.444 e. The average molecular weight is 556 g/mol. The summed E-state index contributed by atoms with van der Waals surface area (Å²) in [5, 5.41) is 4.17. The molecule has 0 spiro atoms. The maximum Gasteiger partial charge on any atom is 0.410 e. The lowest BCUT2D eigenvalue weighted by atomic mass is 10.00. The Morgan fingerprint density at radius 3 is 2.32 bits per heavy atom. The standard InChI is InChI=1S/C33H41N5O3/c1-23-8-9-26(30-24(2)35-41-25(30)3)22-29(23)38(28-12-10-27(11-13-28)33(34-7)14-15-33)21-18-36-16-19-37(20-17-36)31(39)40-32(4,5)6/h8-13,22H,14-21H2,1-6H3. The predicted octanol–water partition coefficient (Wildman–Crippen LogP) is 6.87. The Balaban J connectivity index is 1.38. The zero-order valence-electron chi connectivity index (χ0n) is 25.2. The highest BCUT2D eigenvalue weighted by Gasteiger charge is 2.52. The lowest BCUT2D eigenvalue weighted by Gasteiger charge is -2.37. The quantitative estimate of drug-likeness (QED) is 0.297. The fourth-order valence-electron chi connectivity index (χ4n) is 5.60. The largest absolute Gasteiger partial charge is 0.444 e. The van der Waals surface area contributed by atoms with Crippen molar-refractivity contribution >= 4 is 17.5 Å². The van der Waals surface area contributed by atoms with E-state index in [1.165, 1.54) is 5.56 Å². The maximum atomic E-state index is 12.5. The van der Waals surface area contributed by atoms with Gasteiger partial charge in [-0.05, 0) is 83.0 Å². The molecule has 3 aromatic rings. The molecule has 0 atom stereocenters. The van der Waals surface area contributed by atoms with Gasteiger partial charge in [0.1, 0.15) is 11.4 Å². The highest BCUT2D eigenvalue weighted by molar-refractivity contribution is 5.76. The number of ether oxygens (including phenoxy) is 1. The molecular weight excluding hydrogens is 514 g/mol. The van der Waals surface area contributed by atoms with E-state index in [9.17, 15) is 4.79 Å². The van der Waals surface area contributed by atoms with Crippen molar-refractivity contribution in [3.05, 3.63) is 76.5 Å². The van der Waals surface area contributed by atoms with Gasteiger partial charge in [-0.2, -0.15) is 0 Å². The SMILES string of the molecule is [C-]#[N+]C1(c2ccc(N(CCN3CCN(C(=O)OC(C)(C)C)CC3)c3cc(-c4c(C)noc4C)ccc3C)cc2)CC1. The lowest BCUT2D eigenvalue weighted by Crippen LogP contribution is -2.51. The number of anilines is 2. The zero-order chi connectivity index (χ0) is 29.4. The number of piperazine rings is 1. The zero-order valence-corrected chi connectivity index (χ0v) is 25.2. The van der Waals surface area contributed by atoms with Crippen molar-refractivity contribution < 1.29 is 14.1 Å². The summed E-state index contributed by atoms with van der Waals surface area (Å²) in [6, 6.07) is 15.1. The number of aromatic nitrogens is 1. The molecule has 1 saturated carbocycles. The molecule has 2 aliphatic rings.